The minimum atomic E-state index is -0.189. The second-order valence-corrected chi connectivity index (χ2v) is 6.21. The van der Waals surface area contributed by atoms with E-state index in [1.165, 1.54) is 31.5 Å². The first-order valence-electron chi connectivity index (χ1n) is 6.96. The maximum absolute atomic E-state index is 13.1. The maximum Gasteiger partial charge on any atom is 0.124 e. The number of halogens is 2. The third kappa shape index (κ3) is 4.01. The lowest BCUT2D eigenvalue weighted by Gasteiger charge is -2.28. The molecule has 1 atom stereocenters. The van der Waals surface area contributed by atoms with Crippen molar-refractivity contribution >= 4 is 15.9 Å². The van der Waals surface area contributed by atoms with Crippen molar-refractivity contribution in [1.82, 2.24) is 9.80 Å². The largest absolute Gasteiger partial charge is 0.301 e. The van der Waals surface area contributed by atoms with E-state index in [9.17, 15) is 4.39 Å². The molecular weight excluding hydrogens is 307 g/mol. The zero-order valence-electron chi connectivity index (χ0n) is 11.7. The van der Waals surface area contributed by atoms with E-state index in [0.29, 0.717) is 6.04 Å². The van der Waals surface area contributed by atoms with Gasteiger partial charge in [-0.25, -0.2) is 4.39 Å². The number of hydrogen-bond donors (Lipinski definition) is 0. The van der Waals surface area contributed by atoms with Crippen molar-refractivity contribution in [2.45, 2.75) is 32.4 Å². The molecule has 1 heterocycles. The van der Waals surface area contributed by atoms with Crippen molar-refractivity contribution in [2.24, 2.45) is 0 Å². The van der Waals surface area contributed by atoms with Gasteiger partial charge >= 0.3 is 0 Å². The van der Waals surface area contributed by atoms with Crippen LogP contribution in [-0.4, -0.2) is 42.5 Å². The van der Waals surface area contributed by atoms with Crippen LogP contribution in [0.1, 0.15) is 25.3 Å². The summed E-state index contributed by atoms with van der Waals surface area (Å²) >= 11 is 3.44. The van der Waals surface area contributed by atoms with Crippen molar-refractivity contribution in [2.75, 3.05) is 26.7 Å². The van der Waals surface area contributed by atoms with Crippen LogP contribution in [0.5, 0.6) is 0 Å². The third-order valence-electron chi connectivity index (χ3n) is 3.88. The Morgan fingerprint density at radius 1 is 1.47 bits per heavy atom. The fourth-order valence-corrected chi connectivity index (χ4v) is 3.36. The molecule has 1 saturated heterocycles. The van der Waals surface area contributed by atoms with Crippen LogP contribution in [0.3, 0.4) is 0 Å². The molecule has 2 rings (SSSR count). The van der Waals surface area contributed by atoms with Gasteiger partial charge in [-0.05, 0) is 50.7 Å². The van der Waals surface area contributed by atoms with Gasteiger partial charge in [0.05, 0.1) is 0 Å². The van der Waals surface area contributed by atoms with Crippen molar-refractivity contribution < 1.29 is 4.39 Å². The smallest absolute Gasteiger partial charge is 0.124 e. The van der Waals surface area contributed by atoms with Crippen molar-refractivity contribution in [3.05, 3.63) is 34.1 Å². The third-order valence-corrected chi connectivity index (χ3v) is 4.62. The highest BCUT2D eigenvalue weighted by atomic mass is 79.9. The molecule has 0 aromatic heterocycles. The highest BCUT2D eigenvalue weighted by Gasteiger charge is 2.24. The summed E-state index contributed by atoms with van der Waals surface area (Å²) in [6, 6.07) is 5.61. The summed E-state index contributed by atoms with van der Waals surface area (Å²) in [6.07, 6.45) is 2.61. The summed E-state index contributed by atoms with van der Waals surface area (Å²) in [6.45, 7) is 6.54. The van der Waals surface area contributed by atoms with E-state index < -0.39 is 0 Å². The van der Waals surface area contributed by atoms with E-state index in [4.69, 9.17) is 0 Å². The quantitative estimate of drug-likeness (QED) is 0.816. The summed E-state index contributed by atoms with van der Waals surface area (Å²) in [7, 11) is 2.14. The Balaban J connectivity index is 1.92. The lowest BCUT2D eigenvalue weighted by atomic mass is 10.1. The van der Waals surface area contributed by atoms with E-state index in [2.05, 4.69) is 39.7 Å². The van der Waals surface area contributed by atoms with Gasteiger partial charge in [0.15, 0.2) is 0 Å². The Morgan fingerprint density at radius 2 is 2.26 bits per heavy atom. The van der Waals surface area contributed by atoms with E-state index in [1.807, 2.05) is 6.07 Å². The fraction of sp³-hybridized carbons (Fsp3) is 0.600. The summed E-state index contributed by atoms with van der Waals surface area (Å²) < 4.78 is 13.9. The number of rotatable bonds is 5. The molecule has 1 unspecified atom stereocenters. The van der Waals surface area contributed by atoms with Crippen LogP contribution in [0.2, 0.25) is 0 Å². The highest BCUT2D eigenvalue weighted by molar-refractivity contribution is 9.10. The minimum absolute atomic E-state index is 0.189. The average Bonchev–Trinajstić information content (AvgIpc) is 2.80. The van der Waals surface area contributed by atoms with Gasteiger partial charge in [0.1, 0.15) is 5.82 Å². The van der Waals surface area contributed by atoms with Gasteiger partial charge in [-0.2, -0.15) is 0 Å². The Hall–Kier alpha value is -0.450. The standard InChI is InChI=1S/C15H22BrFN2/c1-3-19-8-4-5-14(19)11-18(2)10-12-6-7-13(17)9-15(12)16/h6-7,9,14H,3-5,8,10-11H2,1-2H3. The number of nitrogens with zero attached hydrogens (tertiary/aromatic N) is 2. The van der Waals surface area contributed by atoms with Crippen LogP contribution in [0, 0.1) is 5.82 Å². The summed E-state index contributed by atoms with van der Waals surface area (Å²) in [5.74, 6) is -0.189. The second-order valence-electron chi connectivity index (χ2n) is 5.36. The minimum Gasteiger partial charge on any atom is -0.301 e. The summed E-state index contributed by atoms with van der Waals surface area (Å²) in [4.78, 5) is 4.88. The molecule has 0 radical (unpaired) electrons. The van der Waals surface area contributed by atoms with E-state index >= 15 is 0 Å². The van der Waals surface area contributed by atoms with Crippen molar-refractivity contribution in [3.63, 3.8) is 0 Å². The van der Waals surface area contributed by atoms with E-state index in [0.717, 1.165) is 29.7 Å². The van der Waals surface area contributed by atoms with Gasteiger partial charge < -0.3 is 4.90 Å². The van der Waals surface area contributed by atoms with Gasteiger partial charge in [-0.15, -0.1) is 0 Å². The molecular formula is C15H22BrFN2. The Kier molecular flexibility index (Phi) is 5.37. The number of likely N-dealkylation sites (N-methyl/N-ethyl adjacent to an activating group) is 2. The lowest BCUT2D eigenvalue weighted by molar-refractivity contribution is 0.194. The van der Waals surface area contributed by atoms with Crippen molar-refractivity contribution in [3.8, 4) is 0 Å². The number of likely N-dealkylation sites (tertiary alicyclic amines) is 1. The molecule has 1 aliphatic heterocycles. The molecule has 0 saturated carbocycles. The normalized spacial score (nSPS) is 20.4. The van der Waals surface area contributed by atoms with Crippen LogP contribution < -0.4 is 0 Å². The van der Waals surface area contributed by atoms with E-state index in [1.54, 1.807) is 0 Å². The van der Waals surface area contributed by atoms with Gasteiger partial charge in [-0.3, -0.25) is 4.90 Å². The predicted octanol–water partition coefficient (Wildman–Crippen LogP) is 3.50. The molecule has 0 aliphatic carbocycles. The fourth-order valence-electron chi connectivity index (χ4n) is 2.88. The summed E-state index contributed by atoms with van der Waals surface area (Å²) in [5.41, 5.74) is 1.14. The lowest BCUT2D eigenvalue weighted by Crippen LogP contribution is -2.38. The Labute approximate surface area is 123 Å². The molecule has 19 heavy (non-hydrogen) atoms. The molecule has 4 heteroatoms. The molecule has 0 N–H and O–H groups in total. The first-order chi connectivity index (χ1) is 9.10. The molecule has 0 spiro atoms. The molecule has 1 aromatic carbocycles. The molecule has 0 amide bonds. The second kappa shape index (κ2) is 6.82. The molecule has 1 fully saturated rings. The van der Waals surface area contributed by atoms with Crippen molar-refractivity contribution in [1.29, 1.82) is 0 Å². The molecule has 1 aliphatic rings. The maximum atomic E-state index is 13.1. The van der Waals surface area contributed by atoms with E-state index in [-0.39, 0.29) is 5.82 Å². The summed E-state index contributed by atoms with van der Waals surface area (Å²) in [5, 5.41) is 0. The number of hydrogen-bond acceptors (Lipinski definition) is 2. The van der Waals surface area contributed by atoms with Gasteiger partial charge in [-0.1, -0.05) is 28.9 Å². The first kappa shape index (κ1) is 14.9. The zero-order valence-corrected chi connectivity index (χ0v) is 13.3. The SMILES string of the molecule is CCN1CCCC1CN(C)Cc1ccc(F)cc1Br. The molecule has 1 aromatic rings. The van der Waals surface area contributed by atoms with Crippen LogP contribution in [-0.2, 0) is 6.54 Å². The first-order valence-corrected chi connectivity index (χ1v) is 7.76. The highest BCUT2D eigenvalue weighted by Crippen LogP contribution is 2.21. The number of benzene rings is 1. The monoisotopic (exact) mass is 328 g/mol. The van der Waals surface area contributed by atoms with Crippen LogP contribution in [0.15, 0.2) is 22.7 Å². The van der Waals surface area contributed by atoms with Gasteiger partial charge in [0.25, 0.3) is 0 Å². The Bertz CT molecular complexity index is 425. The predicted molar refractivity (Wildman–Crippen MR) is 80.7 cm³/mol. The van der Waals surface area contributed by atoms with Crippen LogP contribution in [0.25, 0.3) is 0 Å². The average molecular weight is 329 g/mol. The van der Waals surface area contributed by atoms with Crippen LogP contribution in [0.4, 0.5) is 4.39 Å². The molecule has 106 valence electrons. The van der Waals surface area contributed by atoms with Gasteiger partial charge in [0.2, 0.25) is 0 Å². The molecule has 2 nitrogen and oxygen atoms in total. The molecule has 0 bridgehead atoms. The van der Waals surface area contributed by atoms with Gasteiger partial charge in [0, 0.05) is 23.6 Å². The van der Waals surface area contributed by atoms with Crippen LogP contribution >= 0.6 is 15.9 Å². The Morgan fingerprint density at radius 3 is 2.95 bits per heavy atom. The topological polar surface area (TPSA) is 6.48 Å². The zero-order chi connectivity index (χ0) is 13.8.